The van der Waals surface area contributed by atoms with E-state index in [-0.39, 0.29) is 5.54 Å². The van der Waals surface area contributed by atoms with Crippen molar-refractivity contribution in [1.29, 1.82) is 0 Å². The Morgan fingerprint density at radius 3 is 2.81 bits per heavy atom. The molecule has 0 spiro atoms. The van der Waals surface area contributed by atoms with Gasteiger partial charge in [0, 0.05) is 23.9 Å². The molecule has 0 aliphatic heterocycles. The fraction of sp³-hybridized carbons (Fsp3) is 0.375. The minimum absolute atomic E-state index is 0.0869. The summed E-state index contributed by atoms with van der Waals surface area (Å²) in [6.45, 7) is 7.19. The van der Waals surface area contributed by atoms with E-state index in [1.807, 2.05) is 24.3 Å². The van der Waals surface area contributed by atoms with Crippen molar-refractivity contribution in [2.45, 2.75) is 32.7 Å². The van der Waals surface area contributed by atoms with Gasteiger partial charge in [-0.25, -0.2) is 0 Å². The van der Waals surface area contributed by atoms with Gasteiger partial charge in [-0.15, -0.1) is 0 Å². The number of benzene rings is 1. The van der Waals surface area contributed by atoms with E-state index < -0.39 is 0 Å². The van der Waals surface area contributed by atoms with Crippen LogP contribution in [-0.2, 0) is 6.42 Å². The van der Waals surface area contributed by atoms with Gasteiger partial charge in [-0.2, -0.15) is 4.98 Å². The monoisotopic (exact) mass is 285 g/mol. The highest BCUT2D eigenvalue weighted by atomic mass is 16.5. The minimum atomic E-state index is 0.0869. The highest BCUT2D eigenvalue weighted by Gasteiger charge is 2.15. The summed E-state index contributed by atoms with van der Waals surface area (Å²) < 4.78 is 10.8. The maximum absolute atomic E-state index is 5.50. The average molecular weight is 285 g/mol. The van der Waals surface area contributed by atoms with Gasteiger partial charge < -0.3 is 14.3 Å². The molecule has 0 saturated heterocycles. The van der Waals surface area contributed by atoms with E-state index in [4.69, 9.17) is 8.94 Å². The number of furan rings is 1. The maximum Gasteiger partial charge on any atom is 0.228 e. The first-order chi connectivity index (χ1) is 10.0. The minimum Gasteiger partial charge on any atom is -0.464 e. The summed E-state index contributed by atoms with van der Waals surface area (Å²) in [4.78, 5) is 4.44. The van der Waals surface area contributed by atoms with Crippen LogP contribution >= 0.6 is 0 Å². The van der Waals surface area contributed by atoms with Crippen molar-refractivity contribution in [3.05, 3.63) is 36.4 Å². The highest BCUT2D eigenvalue weighted by Crippen LogP contribution is 2.28. The molecule has 3 rings (SSSR count). The number of nitrogens with one attached hydrogen (secondary N) is 1. The Morgan fingerprint density at radius 2 is 2.00 bits per heavy atom. The molecule has 1 N–H and O–H groups in total. The van der Waals surface area contributed by atoms with Crippen LogP contribution in [0.25, 0.3) is 22.4 Å². The zero-order chi connectivity index (χ0) is 14.9. The van der Waals surface area contributed by atoms with E-state index >= 15 is 0 Å². The molecule has 0 fully saturated rings. The van der Waals surface area contributed by atoms with Gasteiger partial charge in [-0.05, 0) is 26.8 Å². The van der Waals surface area contributed by atoms with Crippen molar-refractivity contribution >= 4 is 11.0 Å². The zero-order valence-corrected chi connectivity index (χ0v) is 12.5. The normalized spacial score (nSPS) is 12.1. The molecule has 0 aliphatic rings. The van der Waals surface area contributed by atoms with E-state index in [9.17, 15) is 0 Å². The van der Waals surface area contributed by atoms with Crippen LogP contribution in [0.2, 0.25) is 0 Å². The number of fused-ring (bicyclic) bond motifs is 1. The SMILES string of the molecule is CC(C)(C)NCCc1nc(-c2coc3ccccc23)no1. The van der Waals surface area contributed by atoms with Crippen molar-refractivity contribution in [2.24, 2.45) is 0 Å². The number of nitrogens with zero attached hydrogens (tertiary/aromatic N) is 2. The van der Waals surface area contributed by atoms with Crippen LogP contribution in [0.15, 0.2) is 39.5 Å². The van der Waals surface area contributed by atoms with Gasteiger partial charge in [0.05, 0.1) is 5.56 Å². The highest BCUT2D eigenvalue weighted by molar-refractivity contribution is 5.91. The smallest absolute Gasteiger partial charge is 0.228 e. The summed E-state index contributed by atoms with van der Waals surface area (Å²) in [7, 11) is 0. The van der Waals surface area contributed by atoms with E-state index in [1.165, 1.54) is 0 Å². The second-order valence-electron chi connectivity index (χ2n) is 6.08. The third kappa shape index (κ3) is 3.13. The largest absolute Gasteiger partial charge is 0.464 e. The molecule has 0 radical (unpaired) electrons. The summed E-state index contributed by atoms with van der Waals surface area (Å²) in [6, 6.07) is 7.82. The Hall–Kier alpha value is -2.14. The number of hydrogen-bond acceptors (Lipinski definition) is 5. The lowest BCUT2D eigenvalue weighted by Gasteiger charge is -2.19. The summed E-state index contributed by atoms with van der Waals surface area (Å²) >= 11 is 0. The molecular weight excluding hydrogens is 266 g/mol. The molecule has 21 heavy (non-hydrogen) atoms. The lowest BCUT2D eigenvalue weighted by molar-refractivity contribution is 0.362. The second kappa shape index (κ2) is 5.33. The molecule has 1 aromatic carbocycles. The molecule has 0 unspecified atom stereocenters. The van der Waals surface area contributed by atoms with E-state index in [1.54, 1.807) is 6.26 Å². The number of para-hydroxylation sites is 1. The first kappa shape index (κ1) is 13.8. The molecule has 0 atom stereocenters. The first-order valence-corrected chi connectivity index (χ1v) is 7.07. The molecule has 110 valence electrons. The summed E-state index contributed by atoms with van der Waals surface area (Å²) in [5.41, 5.74) is 1.78. The Labute approximate surface area is 123 Å². The molecule has 3 aromatic rings. The third-order valence-corrected chi connectivity index (χ3v) is 3.18. The predicted octanol–water partition coefficient (Wildman–Crippen LogP) is 3.41. The molecule has 0 bridgehead atoms. The van der Waals surface area contributed by atoms with Crippen LogP contribution in [0.5, 0.6) is 0 Å². The Bertz CT molecular complexity index is 737. The van der Waals surface area contributed by atoms with Crippen LogP contribution in [-0.4, -0.2) is 22.2 Å². The van der Waals surface area contributed by atoms with Gasteiger partial charge in [-0.3, -0.25) is 0 Å². The number of hydrogen-bond donors (Lipinski definition) is 1. The predicted molar refractivity (Wildman–Crippen MR) is 81.0 cm³/mol. The quantitative estimate of drug-likeness (QED) is 0.795. The van der Waals surface area contributed by atoms with E-state index in [0.717, 1.165) is 23.1 Å². The van der Waals surface area contributed by atoms with Gasteiger partial charge in [0.15, 0.2) is 0 Å². The van der Waals surface area contributed by atoms with Gasteiger partial charge >= 0.3 is 0 Å². The van der Waals surface area contributed by atoms with Gasteiger partial charge in [0.2, 0.25) is 11.7 Å². The molecule has 0 aliphatic carbocycles. The van der Waals surface area contributed by atoms with Crippen molar-refractivity contribution < 1.29 is 8.94 Å². The Balaban J connectivity index is 1.76. The van der Waals surface area contributed by atoms with E-state index in [2.05, 4.69) is 36.2 Å². The molecule has 2 heterocycles. The van der Waals surface area contributed by atoms with Crippen LogP contribution < -0.4 is 5.32 Å². The number of aromatic nitrogens is 2. The Morgan fingerprint density at radius 1 is 1.19 bits per heavy atom. The standard InChI is InChI=1S/C16H19N3O2/c1-16(2,3)17-9-8-14-18-15(19-21-14)12-10-20-13-7-5-4-6-11(12)13/h4-7,10,17H,8-9H2,1-3H3. The topological polar surface area (TPSA) is 64.1 Å². The Kier molecular flexibility index (Phi) is 3.51. The summed E-state index contributed by atoms with van der Waals surface area (Å²) in [5, 5.41) is 8.45. The zero-order valence-electron chi connectivity index (χ0n) is 12.5. The fourth-order valence-electron chi connectivity index (χ4n) is 2.16. The lowest BCUT2D eigenvalue weighted by Crippen LogP contribution is -2.37. The number of rotatable bonds is 4. The summed E-state index contributed by atoms with van der Waals surface area (Å²) in [6.07, 6.45) is 2.38. The van der Waals surface area contributed by atoms with E-state index in [0.29, 0.717) is 18.1 Å². The van der Waals surface area contributed by atoms with Crippen LogP contribution in [0.4, 0.5) is 0 Å². The lowest BCUT2D eigenvalue weighted by atomic mass is 10.1. The second-order valence-corrected chi connectivity index (χ2v) is 6.08. The first-order valence-electron chi connectivity index (χ1n) is 7.07. The van der Waals surface area contributed by atoms with Crippen LogP contribution in [0, 0.1) is 0 Å². The molecule has 0 amide bonds. The average Bonchev–Trinajstić information content (AvgIpc) is 3.03. The molecule has 5 nitrogen and oxygen atoms in total. The fourth-order valence-corrected chi connectivity index (χ4v) is 2.16. The summed E-state index contributed by atoms with van der Waals surface area (Å²) in [5.74, 6) is 1.21. The molecular formula is C16H19N3O2. The van der Waals surface area contributed by atoms with Crippen molar-refractivity contribution in [1.82, 2.24) is 15.5 Å². The van der Waals surface area contributed by atoms with Gasteiger partial charge in [-0.1, -0.05) is 23.4 Å². The van der Waals surface area contributed by atoms with Crippen molar-refractivity contribution in [3.63, 3.8) is 0 Å². The third-order valence-electron chi connectivity index (χ3n) is 3.18. The van der Waals surface area contributed by atoms with Crippen LogP contribution in [0.1, 0.15) is 26.7 Å². The molecule has 2 aromatic heterocycles. The molecule has 0 saturated carbocycles. The van der Waals surface area contributed by atoms with Gasteiger partial charge in [0.1, 0.15) is 11.8 Å². The van der Waals surface area contributed by atoms with Crippen LogP contribution in [0.3, 0.4) is 0 Å². The maximum atomic E-state index is 5.50. The van der Waals surface area contributed by atoms with Gasteiger partial charge in [0.25, 0.3) is 0 Å². The van der Waals surface area contributed by atoms with Crippen molar-refractivity contribution in [3.8, 4) is 11.4 Å². The van der Waals surface area contributed by atoms with Crippen molar-refractivity contribution in [2.75, 3.05) is 6.54 Å². The molecule has 5 heteroatoms.